The van der Waals surface area contributed by atoms with E-state index >= 15 is 0 Å². The second-order valence-corrected chi connectivity index (χ2v) is 8.80. The summed E-state index contributed by atoms with van der Waals surface area (Å²) in [5.41, 5.74) is 2.77. The van der Waals surface area contributed by atoms with Crippen molar-refractivity contribution in [1.82, 2.24) is 0 Å². The van der Waals surface area contributed by atoms with Gasteiger partial charge in [-0.25, -0.2) is 8.42 Å². The molecule has 0 N–H and O–H groups in total. The van der Waals surface area contributed by atoms with Crippen molar-refractivity contribution in [3.63, 3.8) is 0 Å². The Balaban J connectivity index is 1.85. The number of anilines is 2. The Morgan fingerprint density at radius 1 is 0.933 bits per heavy atom. The number of allylic oxidation sites excluding steroid dienone is 1. The first-order valence-corrected chi connectivity index (χ1v) is 11.1. The summed E-state index contributed by atoms with van der Waals surface area (Å²) in [5, 5.41) is 0. The molecule has 4 rings (SSSR count). The highest BCUT2D eigenvalue weighted by Gasteiger charge is 2.36. The summed E-state index contributed by atoms with van der Waals surface area (Å²) in [5.74, 6) is 0.0392. The topological polar surface area (TPSA) is 63.7 Å². The van der Waals surface area contributed by atoms with Crippen LogP contribution in [0.15, 0.2) is 88.8 Å². The van der Waals surface area contributed by atoms with Crippen LogP contribution in [-0.4, -0.2) is 21.3 Å². The van der Waals surface area contributed by atoms with Crippen molar-refractivity contribution in [3.05, 3.63) is 95.0 Å². The molecule has 0 unspecified atom stereocenters. The lowest BCUT2D eigenvalue weighted by Gasteiger charge is -2.29. The lowest BCUT2D eigenvalue weighted by atomic mass is 10.1. The van der Waals surface area contributed by atoms with E-state index < -0.39 is 15.6 Å². The van der Waals surface area contributed by atoms with Gasteiger partial charge in [-0.15, -0.1) is 0 Å². The Morgan fingerprint density at radius 3 is 2.23 bits per heavy atom. The van der Waals surface area contributed by atoms with Crippen LogP contribution in [0.4, 0.5) is 11.4 Å². The summed E-state index contributed by atoms with van der Waals surface area (Å²) in [6.45, 7) is 2.07. The van der Waals surface area contributed by atoms with E-state index in [0.29, 0.717) is 11.4 Å². The molecular weight excluding hydrogens is 398 g/mol. The van der Waals surface area contributed by atoms with Gasteiger partial charge >= 0.3 is 0 Å². The molecule has 0 amide bonds. The van der Waals surface area contributed by atoms with Gasteiger partial charge in [0.2, 0.25) is 15.6 Å². The summed E-state index contributed by atoms with van der Waals surface area (Å²) >= 11 is 0. The number of sulfone groups is 1. The number of ketones is 1. The first-order chi connectivity index (χ1) is 14.5. The number of aryl methyl sites for hydroxylation is 1. The summed E-state index contributed by atoms with van der Waals surface area (Å²) < 4.78 is 31.7. The predicted molar refractivity (Wildman–Crippen MR) is 117 cm³/mol. The third-order valence-electron chi connectivity index (χ3n) is 5.15. The van der Waals surface area contributed by atoms with Crippen molar-refractivity contribution in [2.24, 2.45) is 0 Å². The van der Waals surface area contributed by atoms with Gasteiger partial charge in [-0.2, -0.15) is 0 Å². The monoisotopic (exact) mass is 419 g/mol. The third-order valence-corrected chi connectivity index (χ3v) is 6.94. The van der Waals surface area contributed by atoms with E-state index in [-0.39, 0.29) is 15.4 Å². The van der Waals surface area contributed by atoms with Gasteiger partial charge in [0.15, 0.2) is 0 Å². The smallest absolute Gasteiger partial charge is 0.214 e. The maximum atomic E-state index is 13.3. The Kier molecular flexibility index (Phi) is 5.18. The van der Waals surface area contributed by atoms with Crippen LogP contribution < -0.4 is 9.64 Å². The number of benzene rings is 3. The average Bonchev–Trinajstić information content (AvgIpc) is 2.79. The lowest BCUT2D eigenvalue weighted by Crippen LogP contribution is -2.25. The van der Waals surface area contributed by atoms with E-state index in [1.54, 1.807) is 47.4 Å². The van der Waals surface area contributed by atoms with E-state index in [2.05, 4.69) is 6.92 Å². The van der Waals surface area contributed by atoms with Crippen LogP contribution in [0.1, 0.15) is 22.8 Å². The second-order valence-electron chi connectivity index (χ2n) is 6.91. The Hall–Kier alpha value is -3.38. The number of fused-ring (bicyclic) bond motifs is 1. The molecule has 0 atom stereocenters. The number of carbonyl (C=O) groups excluding carboxylic acids is 1. The number of carbonyl (C=O) groups is 1. The minimum Gasteiger partial charge on any atom is -0.497 e. The third kappa shape index (κ3) is 3.39. The molecule has 0 radical (unpaired) electrons. The molecule has 0 spiro atoms. The molecule has 0 bridgehead atoms. The maximum Gasteiger partial charge on any atom is 0.214 e. The quantitative estimate of drug-likeness (QED) is 0.550. The zero-order valence-corrected chi connectivity index (χ0v) is 17.5. The first-order valence-electron chi connectivity index (χ1n) is 9.58. The normalized spacial score (nSPS) is 14.6. The van der Waals surface area contributed by atoms with Crippen LogP contribution in [0.2, 0.25) is 0 Å². The number of hydrogen-bond acceptors (Lipinski definition) is 5. The van der Waals surface area contributed by atoms with Gasteiger partial charge in [-0.05, 0) is 60.5 Å². The highest BCUT2D eigenvalue weighted by Crippen LogP contribution is 2.40. The van der Waals surface area contributed by atoms with Gasteiger partial charge in [-0.1, -0.05) is 31.2 Å². The Labute approximate surface area is 176 Å². The van der Waals surface area contributed by atoms with Crippen molar-refractivity contribution in [2.75, 3.05) is 12.0 Å². The molecule has 30 heavy (non-hydrogen) atoms. The maximum absolute atomic E-state index is 13.3. The average molecular weight is 420 g/mol. The van der Waals surface area contributed by atoms with Crippen molar-refractivity contribution in [1.29, 1.82) is 0 Å². The molecule has 5 nitrogen and oxygen atoms in total. The molecule has 0 saturated heterocycles. The van der Waals surface area contributed by atoms with E-state index in [1.807, 2.05) is 24.3 Å². The number of methoxy groups -OCH3 is 1. The highest BCUT2D eigenvalue weighted by atomic mass is 32.2. The molecular formula is C24H21NO4S. The standard InChI is InChI=1S/C24H21NO4S/c1-3-17-8-12-19(13-9-17)25-16-23(24(26)18-10-14-20(29-2)15-11-18)30(27,28)22-7-5-4-6-21(22)25/h4-16H,3H2,1-2H3. The van der Waals surface area contributed by atoms with Crippen LogP contribution in [0.3, 0.4) is 0 Å². The van der Waals surface area contributed by atoms with Crippen LogP contribution in [0.5, 0.6) is 5.75 Å². The second kappa shape index (κ2) is 7.80. The molecule has 152 valence electrons. The van der Waals surface area contributed by atoms with Gasteiger partial charge in [0.1, 0.15) is 10.7 Å². The molecule has 0 saturated carbocycles. The summed E-state index contributed by atoms with van der Waals surface area (Å²) in [4.78, 5) is 14.8. The molecule has 1 heterocycles. The zero-order valence-electron chi connectivity index (χ0n) is 16.7. The minimum absolute atomic E-state index is 0.115. The van der Waals surface area contributed by atoms with Crippen molar-refractivity contribution < 1.29 is 17.9 Å². The highest BCUT2D eigenvalue weighted by molar-refractivity contribution is 7.96. The van der Waals surface area contributed by atoms with E-state index in [4.69, 9.17) is 4.74 Å². The van der Waals surface area contributed by atoms with E-state index in [9.17, 15) is 13.2 Å². The Morgan fingerprint density at radius 2 is 1.60 bits per heavy atom. The largest absolute Gasteiger partial charge is 0.497 e. The fourth-order valence-corrected chi connectivity index (χ4v) is 4.97. The lowest BCUT2D eigenvalue weighted by molar-refractivity contribution is 0.104. The van der Waals surface area contributed by atoms with Gasteiger partial charge < -0.3 is 9.64 Å². The molecule has 0 fully saturated rings. The SMILES string of the molecule is CCc1ccc(N2C=C(C(=O)c3ccc(OC)cc3)S(=O)(=O)c3ccccc32)cc1. The molecule has 6 heteroatoms. The first kappa shape index (κ1) is 19.9. The van der Waals surface area contributed by atoms with E-state index in [0.717, 1.165) is 12.1 Å². The van der Waals surface area contributed by atoms with Gasteiger partial charge in [0.25, 0.3) is 0 Å². The van der Waals surface area contributed by atoms with Gasteiger partial charge in [0, 0.05) is 17.5 Å². The van der Waals surface area contributed by atoms with Crippen molar-refractivity contribution in [2.45, 2.75) is 18.2 Å². The molecule has 3 aromatic rings. The number of Topliss-reactive ketones (excluding diaryl/α,β-unsaturated/α-hetero) is 1. The number of nitrogens with zero attached hydrogens (tertiary/aromatic N) is 1. The van der Waals surface area contributed by atoms with Gasteiger partial charge in [-0.3, -0.25) is 4.79 Å². The molecule has 0 aliphatic carbocycles. The van der Waals surface area contributed by atoms with Crippen LogP contribution in [-0.2, 0) is 16.3 Å². The van der Waals surface area contributed by atoms with Crippen molar-refractivity contribution in [3.8, 4) is 5.75 Å². The number of para-hydroxylation sites is 1. The van der Waals surface area contributed by atoms with Crippen LogP contribution >= 0.6 is 0 Å². The minimum atomic E-state index is -3.96. The summed E-state index contributed by atoms with van der Waals surface area (Å²) in [7, 11) is -2.43. The molecule has 1 aliphatic heterocycles. The number of hydrogen-bond donors (Lipinski definition) is 0. The zero-order chi connectivity index (χ0) is 21.3. The summed E-state index contributed by atoms with van der Waals surface area (Å²) in [6.07, 6.45) is 2.33. The molecule has 0 aromatic heterocycles. The number of ether oxygens (including phenoxy) is 1. The van der Waals surface area contributed by atoms with Crippen LogP contribution in [0.25, 0.3) is 0 Å². The van der Waals surface area contributed by atoms with E-state index in [1.165, 1.54) is 24.9 Å². The summed E-state index contributed by atoms with van der Waals surface area (Å²) in [6, 6.07) is 21.0. The van der Waals surface area contributed by atoms with Gasteiger partial charge in [0.05, 0.1) is 17.7 Å². The van der Waals surface area contributed by atoms with Crippen molar-refractivity contribution >= 4 is 27.0 Å². The fraction of sp³-hybridized carbons (Fsp3) is 0.125. The predicted octanol–water partition coefficient (Wildman–Crippen LogP) is 4.91. The van der Waals surface area contributed by atoms with Crippen LogP contribution in [0, 0.1) is 0 Å². The molecule has 1 aliphatic rings. The Bertz CT molecular complexity index is 1230. The fourth-order valence-electron chi connectivity index (χ4n) is 3.43. The molecule has 3 aromatic carbocycles. The number of rotatable bonds is 5.